The van der Waals surface area contributed by atoms with E-state index in [1.807, 2.05) is 28.8 Å². The summed E-state index contributed by atoms with van der Waals surface area (Å²) >= 11 is 0. The van der Waals surface area contributed by atoms with Gasteiger partial charge in [-0.15, -0.1) is 10.2 Å². The Morgan fingerprint density at radius 2 is 2.23 bits per heavy atom. The number of ether oxygens (including phenoxy) is 1. The number of nitrogens with zero attached hydrogens (tertiary/aromatic N) is 4. The highest BCUT2D eigenvalue weighted by molar-refractivity contribution is 5.79. The summed E-state index contributed by atoms with van der Waals surface area (Å²) in [5, 5.41) is 14.8. The minimum atomic E-state index is 0.663. The predicted octanol–water partition coefficient (Wildman–Crippen LogP) is 0.863. The van der Waals surface area contributed by atoms with Gasteiger partial charge >= 0.3 is 0 Å². The van der Waals surface area contributed by atoms with Gasteiger partial charge in [-0.05, 0) is 25.5 Å². The van der Waals surface area contributed by atoms with Crippen molar-refractivity contribution in [2.24, 2.45) is 4.99 Å². The molecule has 0 saturated carbocycles. The van der Waals surface area contributed by atoms with E-state index in [-0.39, 0.29) is 0 Å². The Morgan fingerprint density at radius 1 is 1.32 bits per heavy atom. The van der Waals surface area contributed by atoms with Gasteiger partial charge in [0.05, 0.1) is 6.61 Å². The highest BCUT2D eigenvalue weighted by Gasteiger charge is 2.03. The van der Waals surface area contributed by atoms with Crippen LogP contribution >= 0.6 is 0 Å². The van der Waals surface area contributed by atoms with Crippen LogP contribution in [0.3, 0.4) is 0 Å². The lowest BCUT2D eigenvalue weighted by molar-refractivity contribution is 0.203. The lowest BCUT2D eigenvalue weighted by atomic mass is 10.3. The molecule has 22 heavy (non-hydrogen) atoms. The molecule has 0 aliphatic heterocycles. The van der Waals surface area contributed by atoms with Crippen LogP contribution in [0.2, 0.25) is 0 Å². The second-order valence-electron chi connectivity index (χ2n) is 4.83. The number of rotatable bonds is 8. The number of pyridine rings is 1. The Kier molecular flexibility index (Phi) is 6.63. The monoisotopic (exact) mass is 304 g/mol. The van der Waals surface area contributed by atoms with Crippen molar-refractivity contribution in [2.45, 2.75) is 19.8 Å². The summed E-state index contributed by atoms with van der Waals surface area (Å²) < 4.78 is 7.04. The van der Waals surface area contributed by atoms with E-state index in [4.69, 9.17) is 4.74 Å². The fraction of sp³-hybridized carbons (Fsp3) is 0.533. The van der Waals surface area contributed by atoms with E-state index in [0.717, 1.165) is 49.9 Å². The standard InChI is InChI=1S/C15H24N6O/c1-3-16-15(18-10-12-22-2)17-9-6-8-14-20-19-13-7-4-5-11-21(13)14/h4-5,7,11H,3,6,8-10,12H2,1-2H3,(H2,16,17,18). The van der Waals surface area contributed by atoms with E-state index in [1.165, 1.54) is 0 Å². The van der Waals surface area contributed by atoms with E-state index in [0.29, 0.717) is 6.61 Å². The lowest BCUT2D eigenvalue weighted by Crippen LogP contribution is -2.39. The van der Waals surface area contributed by atoms with Crippen molar-refractivity contribution in [1.82, 2.24) is 25.2 Å². The third-order valence-corrected chi connectivity index (χ3v) is 3.16. The fourth-order valence-electron chi connectivity index (χ4n) is 2.10. The normalized spacial score (nSPS) is 11.8. The van der Waals surface area contributed by atoms with E-state index >= 15 is 0 Å². The van der Waals surface area contributed by atoms with Crippen LogP contribution in [0.15, 0.2) is 29.4 Å². The maximum atomic E-state index is 5.02. The first-order chi connectivity index (χ1) is 10.8. The van der Waals surface area contributed by atoms with Gasteiger partial charge in [0.2, 0.25) is 0 Å². The second kappa shape index (κ2) is 8.99. The van der Waals surface area contributed by atoms with Gasteiger partial charge in [0.1, 0.15) is 5.82 Å². The topological polar surface area (TPSA) is 75.8 Å². The first kappa shape index (κ1) is 16.2. The molecule has 0 fully saturated rings. The number of aryl methyl sites for hydroxylation is 1. The molecule has 0 aliphatic carbocycles. The van der Waals surface area contributed by atoms with Crippen LogP contribution in [0.25, 0.3) is 5.65 Å². The Balaban J connectivity index is 1.82. The van der Waals surface area contributed by atoms with Gasteiger partial charge in [0, 0.05) is 39.4 Å². The molecule has 2 rings (SSSR count). The van der Waals surface area contributed by atoms with Crippen LogP contribution in [-0.2, 0) is 11.2 Å². The Bertz CT molecular complexity index is 594. The molecule has 2 aromatic heterocycles. The molecule has 0 bridgehead atoms. The molecule has 0 radical (unpaired) electrons. The zero-order valence-corrected chi connectivity index (χ0v) is 13.2. The van der Waals surface area contributed by atoms with Gasteiger partial charge in [-0.1, -0.05) is 6.07 Å². The summed E-state index contributed by atoms with van der Waals surface area (Å²) in [4.78, 5) is 4.55. The zero-order valence-electron chi connectivity index (χ0n) is 13.2. The molecule has 7 heteroatoms. The number of hydrogen-bond donors (Lipinski definition) is 2. The van der Waals surface area contributed by atoms with Gasteiger partial charge in [-0.2, -0.15) is 0 Å². The molecule has 0 spiro atoms. The molecule has 0 unspecified atom stereocenters. The van der Waals surface area contributed by atoms with Crippen molar-refractivity contribution < 1.29 is 4.74 Å². The summed E-state index contributed by atoms with van der Waals surface area (Å²) in [7, 11) is 1.69. The summed E-state index contributed by atoms with van der Waals surface area (Å²) in [5.74, 6) is 1.80. The highest BCUT2D eigenvalue weighted by atomic mass is 16.5. The van der Waals surface area contributed by atoms with Gasteiger partial charge in [0.25, 0.3) is 0 Å². The summed E-state index contributed by atoms with van der Waals surface area (Å²) in [5.41, 5.74) is 0.885. The van der Waals surface area contributed by atoms with Crippen molar-refractivity contribution in [2.75, 3.05) is 33.4 Å². The largest absolute Gasteiger partial charge is 0.383 e. The first-order valence-electron chi connectivity index (χ1n) is 7.65. The quantitative estimate of drug-likeness (QED) is 0.430. The maximum absolute atomic E-state index is 5.02. The molecule has 7 nitrogen and oxygen atoms in total. The number of guanidine groups is 1. The predicted molar refractivity (Wildman–Crippen MR) is 87.2 cm³/mol. The Hall–Kier alpha value is -2.15. The van der Waals surface area contributed by atoms with Crippen molar-refractivity contribution in [3.63, 3.8) is 0 Å². The average Bonchev–Trinajstić information content (AvgIpc) is 2.95. The molecule has 0 aliphatic rings. The van der Waals surface area contributed by atoms with Crippen LogP contribution in [0.4, 0.5) is 0 Å². The van der Waals surface area contributed by atoms with E-state index in [1.54, 1.807) is 7.11 Å². The van der Waals surface area contributed by atoms with Crippen molar-refractivity contribution in [3.05, 3.63) is 30.2 Å². The third kappa shape index (κ3) is 4.70. The molecule has 0 amide bonds. The number of methoxy groups -OCH3 is 1. The molecule has 2 N–H and O–H groups in total. The smallest absolute Gasteiger partial charge is 0.191 e. The van der Waals surface area contributed by atoms with Gasteiger partial charge < -0.3 is 15.4 Å². The minimum Gasteiger partial charge on any atom is -0.383 e. The number of aliphatic imine (C=N–C) groups is 1. The van der Waals surface area contributed by atoms with Crippen molar-refractivity contribution in [1.29, 1.82) is 0 Å². The summed E-state index contributed by atoms with van der Waals surface area (Å²) in [6.45, 7) is 5.04. The van der Waals surface area contributed by atoms with E-state index in [9.17, 15) is 0 Å². The molecular formula is C15H24N6O. The molecule has 120 valence electrons. The first-order valence-corrected chi connectivity index (χ1v) is 7.65. The third-order valence-electron chi connectivity index (χ3n) is 3.16. The number of nitrogens with one attached hydrogen (secondary N) is 2. The molecule has 0 aromatic carbocycles. The fourth-order valence-corrected chi connectivity index (χ4v) is 2.10. The Labute approximate surface area is 130 Å². The molecule has 2 heterocycles. The molecule has 0 atom stereocenters. The Morgan fingerprint density at radius 3 is 3.05 bits per heavy atom. The van der Waals surface area contributed by atoms with Crippen LogP contribution in [0, 0.1) is 0 Å². The van der Waals surface area contributed by atoms with Gasteiger partial charge in [-0.3, -0.25) is 9.39 Å². The van der Waals surface area contributed by atoms with Gasteiger partial charge in [-0.25, -0.2) is 0 Å². The number of aromatic nitrogens is 3. The summed E-state index contributed by atoms with van der Waals surface area (Å²) in [6.07, 6.45) is 3.77. The highest BCUT2D eigenvalue weighted by Crippen LogP contribution is 2.04. The summed E-state index contributed by atoms with van der Waals surface area (Å²) in [6, 6.07) is 5.91. The van der Waals surface area contributed by atoms with Crippen LogP contribution in [-0.4, -0.2) is 53.9 Å². The maximum Gasteiger partial charge on any atom is 0.191 e. The zero-order chi connectivity index (χ0) is 15.6. The van der Waals surface area contributed by atoms with Crippen LogP contribution in [0.5, 0.6) is 0 Å². The molecular weight excluding hydrogens is 280 g/mol. The van der Waals surface area contributed by atoms with Gasteiger partial charge in [0.15, 0.2) is 11.6 Å². The second-order valence-corrected chi connectivity index (χ2v) is 4.83. The van der Waals surface area contributed by atoms with Crippen LogP contribution in [0.1, 0.15) is 19.2 Å². The minimum absolute atomic E-state index is 0.663. The van der Waals surface area contributed by atoms with Crippen molar-refractivity contribution in [3.8, 4) is 0 Å². The van der Waals surface area contributed by atoms with Crippen molar-refractivity contribution >= 4 is 11.6 Å². The number of fused-ring (bicyclic) bond motifs is 1. The van der Waals surface area contributed by atoms with E-state index in [2.05, 4.69) is 32.7 Å². The SMILES string of the molecule is CCNC(=NCCCc1nnc2ccccn12)NCCOC. The average molecular weight is 304 g/mol. The number of hydrogen-bond acceptors (Lipinski definition) is 4. The lowest BCUT2D eigenvalue weighted by Gasteiger charge is -2.10. The molecule has 0 saturated heterocycles. The molecule has 2 aromatic rings. The van der Waals surface area contributed by atoms with E-state index < -0.39 is 0 Å². The van der Waals surface area contributed by atoms with Crippen LogP contribution < -0.4 is 10.6 Å².